The molecule has 0 saturated heterocycles. The highest BCUT2D eigenvalue weighted by molar-refractivity contribution is 7.16. The molecule has 0 aliphatic carbocycles. The summed E-state index contributed by atoms with van der Waals surface area (Å²) >= 11 is 1.56. The van der Waals surface area contributed by atoms with Gasteiger partial charge in [0.1, 0.15) is 5.70 Å². The van der Waals surface area contributed by atoms with Crippen molar-refractivity contribution in [2.75, 3.05) is 6.61 Å². The molecule has 0 fully saturated rings. The Kier molecular flexibility index (Phi) is 4.92. The van der Waals surface area contributed by atoms with Gasteiger partial charge >= 0.3 is 0 Å². The minimum absolute atomic E-state index is 0.00579. The first-order chi connectivity index (χ1) is 11.5. The van der Waals surface area contributed by atoms with Crippen molar-refractivity contribution in [3.8, 4) is 0 Å². The molecule has 1 aliphatic rings. The standard InChI is InChI=1S/C17H20N4O2S/c1-10(2)5-12(8-22)19-17-20-14(16(23)21-17)6-11-3-4-13-15(7-11)24-9-18-13/h3-4,6-7,9-10,12,22H,5,8H2,1-2H3,(H2,19,20,21,23)/b14-6-/t12-/m1/s1. The largest absolute Gasteiger partial charge is 0.394 e. The maximum absolute atomic E-state index is 12.1. The first kappa shape index (κ1) is 16.6. The van der Waals surface area contributed by atoms with E-state index in [2.05, 4.69) is 34.5 Å². The molecule has 0 bridgehead atoms. The van der Waals surface area contributed by atoms with Crippen LogP contribution in [0.3, 0.4) is 0 Å². The molecule has 0 saturated carbocycles. The lowest BCUT2D eigenvalue weighted by Gasteiger charge is -2.18. The molecule has 1 aromatic carbocycles. The number of fused-ring (bicyclic) bond motifs is 1. The quantitative estimate of drug-likeness (QED) is 0.725. The Hall–Kier alpha value is -2.25. The molecule has 3 rings (SSSR count). The fourth-order valence-corrected chi connectivity index (χ4v) is 3.32. The minimum Gasteiger partial charge on any atom is -0.394 e. The fourth-order valence-electron chi connectivity index (χ4n) is 2.60. The van der Waals surface area contributed by atoms with Gasteiger partial charge in [-0.3, -0.25) is 10.1 Å². The van der Waals surface area contributed by atoms with Crippen molar-refractivity contribution in [1.29, 1.82) is 0 Å². The lowest BCUT2D eigenvalue weighted by molar-refractivity contribution is -0.115. The van der Waals surface area contributed by atoms with Crippen molar-refractivity contribution < 1.29 is 9.90 Å². The van der Waals surface area contributed by atoms with E-state index in [1.54, 1.807) is 22.9 Å². The number of carbonyl (C=O) groups excluding carboxylic acids is 1. The molecule has 1 aliphatic heterocycles. The van der Waals surface area contributed by atoms with Gasteiger partial charge < -0.3 is 10.4 Å². The summed E-state index contributed by atoms with van der Waals surface area (Å²) < 4.78 is 1.07. The molecule has 1 amide bonds. The maximum Gasteiger partial charge on any atom is 0.276 e. The molecule has 6 nitrogen and oxygen atoms in total. The van der Waals surface area contributed by atoms with Crippen LogP contribution in [0.2, 0.25) is 0 Å². The summed E-state index contributed by atoms with van der Waals surface area (Å²) in [6, 6.07) is 5.71. The molecule has 126 valence electrons. The number of benzene rings is 1. The summed E-state index contributed by atoms with van der Waals surface area (Å²) in [6.07, 6.45) is 2.55. The van der Waals surface area contributed by atoms with Crippen molar-refractivity contribution in [3.63, 3.8) is 0 Å². The Morgan fingerprint density at radius 2 is 2.25 bits per heavy atom. The van der Waals surface area contributed by atoms with Crippen LogP contribution in [0.1, 0.15) is 25.8 Å². The SMILES string of the molecule is CC(C)C[C@H](CO)NC1=N/C(=C\c2ccc3ncsc3c2)C(=O)N1. The third-order valence-corrected chi connectivity index (χ3v) is 4.46. The Bertz CT molecular complexity index is 810. The lowest BCUT2D eigenvalue weighted by Crippen LogP contribution is -2.44. The van der Waals surface area contributed by atoms with Gasteiger partial charge in [0.15, 0.2) is 0 Å². The van der Waals surface area contributed by atoms with Crippen LogP contribution in [0.15, 0.2) is 34.4 Å². The van der Waals surface area contributed by atoms with E-state index in [-0.39, 0.29) is 18.6 Å². The van der Waals surface area contributed by atoms with E-state index in [0.29, 0.717) is 17.6 Å². The van der Waals surface area contributed by atoms with Crippen molar-refractivity contribution in [2.24, 2.45) is 10.9 Å². The fraction of sp³-hybridized carbons (Fsp3) is 0.353. The van der Waals surface area contributed by atoms with Gasteiger partial charge in [0, 0.05) is 0 Å². The number of hydrogen-bond donors (Lipinski definition) is 3. The summed E-state index contributed by atoms with van der Waals surface area (Å²) in [4.78, 5) is 20.6. The van der Waals surface area contributed by atoms with Crippen LogP contribution in [0.4, 0.5) is 0 Å². The molecule has 7 heteroatoms. The summed E-state index contributed by atoms with van der Waals surface area (Å²) in [5, 5.41) is 15.2. The summed E-state index contributed by atoms with van der Waals surface area (Å²) in [6.45, 7) is 4.16. The van der Waals surface area contributed by atoms with Crippen LogP contribution in [0, 0.1) is 5.92 Å². The zero-order valence-electron chi connectivity index (χ0n) is 13.6. The number of aliphatic hydroxyl groups excluding tert-OH is 1. The minimum atomic E-state index is -0.247. The number of nitrogens with zero attached hydrogens (tertiary/aromatic N) is 2. The van der Waals surface area contributed by atoms with Gasteiger partial charge in [-0.1, -0.05) is 19.9 Å². The average Bonchev–Trinajstić information content (AvgIpc) is 3.12. The predicted octanol–water partition coefficient (Wildman–Crippen LogP) is 2.12. The van der Waals surface area contributed by atoms with Crippen molar-refractivity contribution in [3.05, 3.63) is 35.0 Å². The third kappa shape index (κ3) is 3.80. The number of amides is 1. The second kappa shape index (κ2) is 7.11. The van der Waals surface area contributed by atoms with Gasteiger partial charge in [-0.25, -0.2) is 9.98 Å². The second-order valence-electron chi connectivity index (χ2n) is 6.18. The van der Waals surface area contributed by atoms with Crippen LogP contribution in [0.25, 0.3) is 16.3 Å². The van der Waals surface area contributed by atoms with E-state index in [4.69, 9.17) is 0 Å². The zero-order chi connectivity index (χ0) is 17.1. The first-order valence-electron chi connectivity index (χ1n) is 7.87. The van der Waals surface area contributed by atoms with E-state index < -0.39 is 0 Å². The monoisotopic (exact) mass is 344 g/mol. The van der Waals surface area contributed by atoms with Gasteiger partial charge in [0.25, 0.3) is 5.91 Å². The van der Waals surface area contributed by atoms with Crippen molar-refractivity contribution in [2.45, 2.75) is 26.3 Å². The predicted molar refractivity (Wildman–Crippen MR) is 96.6 cm³/mol. The van der Waals surface area contributed by atoms with E-state index in [9.17, 15) is 9.90 Å². The van der Waals surface area contributed by atoms with Crippen LogP contribution in [0.5, 0.6) is 0 Å². The zero-order valence-corrected chi connectivity index (χ0v) is 14.4. The number of carbonyl (C=O) groups is 1. The van der Waals surface area contributed by atoms with Crippen LogP contribution >= 0.6 is 11.3 Å². The summed E-state index contributed by atoms with van der Waals surface area (Å²) in [5.74, 6) is 0.585. The average molecular weight is 344 g/mol. The molecular formula is C17H20N4O2S. The van der Waals surface area contributed by atoms with E-state index in [0.717, 1.165) is 22.2 Å². The van der Waals surface area contributed by atoms with E-state index in [1.807, 2.05) is 18.2 Å². The normalized spacial score (nSPS) is 17.4. The summed E-state index contributed by atoms with van der Waals surface area (Å²) in [5.41, 5.74) is 4.00. The maximum atomic E-state index is 12.1. The Morgan fingerprint density at radius 1 is 1.42 bits per heavy atom. The second-order valence-corrected chi connectivity index (χ2v) is 7.06. The van der Waals surface area contributed by atoms with Crippen LogP contribution < -0.4 is 10.6 Å². The number of aromatic nitrogens is 1. The lowest BCUT2D eigenvalue weighted by atomic mass is 10.0. The number of thiazole rings is 1. The highest BCUT2D eigenvalue weighted by Crippen LogP contribution is 2.21. The molecule has 0 radical (unpaired) electrons. The Labute approximate surface area is 144 Å². The molecule has 2 heterocycles. The number of rotatable bonds is 5. The van der Waals surface area contributed by atoms with Gasteiger partial charge in [0.05, 0.1) is 28.4 Å². The molecule has 2 aromatic rings. The first-order valence-corrected chi connectivity index (χ1v) is 8.75. The van der Waals surface area contributed by atoms with Crippen molar-refractivity contribution in [1.82, 2.24) is 15.6 Å². The van der Waals surface area contributed by atoms with E-state index >= 15 is 0 Å². The highest BCUT2D eigenvalue weighted by atomic mass is 32.1. The summed E-state index contributed by atoms with van der Waals surface area (Å²) in [7, 11) is 0. The van der Waals surface area contributed by atoms with Gasteiger partial charge in [-0.2, -0.15) is 0 Å². The van der Waals surface area contributed by atoms with Crippen molar-refractivity contribution >= 4 is 39.5 Å². The molecule has 0 spiro atoms. The smallest absolute Gasteiger partial charge is 0.276 e. The highest BCUT2D eigenvalue weighted by Gasteiger charge is 2.22. The molecule has 3 N–H and O–H groups in total. The molecule has 1 atom stereocenters. The Balaban J connectivity index is 1.77. The number of hydrogen-bond acceptors (Lipinski definition) is 6. The number of aliphatic imine (C=N–C) groups is 1. The Morgan fingerprint density at radius 3 is 3.00 bits per heavy atom. The number of nitrogens with one attached hydrogen (secondary N) is 2. The van der Waals surface area contributed by atoms with E-state index in [1.165, 1.54) is 0 Å². The number of aliphatic hydroxyl groups is 1. The van der Waals surface area contributed by atoms with Gasteiger partial charge in [0.2, 0.25) is 5.96 Å². The molecular weight excluding hydrogens is 324 g/mol. The molecule has 24 heavy (non-hydrogen) atoms. The van der Waals surface area contributed by atoms with Crippen LogP contribution in [-0.4, -0.2) is 34.6 Å². The molecule has 1 aromatic heterocycles. The molecule has 0 unspecified atom stereocenters. The topological polar surface area (TPSA) is 86.6 Å². The van der Waals surface area contributed by atoms with Gasteiger partial charge in [-0.15, -0.1) is 11.3 Å². The van der Waals surface area contributed by atoms with Crippen LogP contribution in [-0.2, 0) is 4.79 Å². The third-order valence-electron chi connectivity index (χ3n) is 3.67. The number of guanidine groups is 1. The van der Waals surface area contributed by atoms with Gasteiger partial charge in [-0.05, 0) is 36.1 Å².